The second-order valence-electron chi connectivity index (χ2n) is 6.58. The number of halogens is 2. The Kier molecular flexibility index (Phi) is 5.84. The van der Waals surface area contributed by atoms with Gasteiger partial charge in [-0.2, -0.15) is 0 Å². The molecule has 2 aromatic rings. The number of benzene rings is 1. The zero-order chi connectivity index (χ0) is 18.7. The number of amides is 2. The molecule has 1 aliphatic heterocycles. The number of piperazine rings is 1. The molecule has 26 heavy (non-hydrogen) atoms. The van der Waals surface area contributed by atoms with Gasteiger partial charge in [-0.25, -0.2) is 14.8 Å². The van der Waals surface area contributed by atoms with E-state index < -0.39 is 0 Å². The smallest absolute Gasteiger partial charge is 0.322 e. The molecule has 138 valence electrons. The summed E-state index contributed by atoms with van der Waals surface area (Å²) in [7, 11) is 0. The van der Waals surface area contributed by atoms with Gasteiger partial charge in [0.25, 0.3) is 0 Å². The van der Waals surface area contributed by atoms with Crippen molar-refractivity contribution in [3.05, 3.63) is 46.8 Å². The van der Waals surface area contributed by atoms with E-state index in [1.807, 2.05) is 23.1 Å². The first-order valence-corrected chi connectivity index (χ1v) is 9.26. The first-order valence-electron chi connectivity index (χ1n) is 8.50. The fourth-order valence-electron chi connectivity index (χ4n) is 3.10. The second-order valence-corrected chi connectivity index (χ2v) is 7.35. The van der Waals surface area contributed by atoms with Crippen molar-refractivity contribution >= 4 is 40.7 Å². The molecule has 0 saturated carbocycles. The second kappa shape index (κ2) is 8.10. The van der Waals surface area contributed by atoms with Gasteiger partial charge in [-0.1, -0.05) is 31.5 Å². The van der Waals surface area contributed by atoms with E-state index in [1.54, 1.807) is 18.3 Å². The maximum atomic E-state index is 12.8. The summed E-state index contributed by atoms with van der Waals surface area (Å²) in [5.41, 5.74) is 0.690. The molecule has 1 fully saturated rings. The summed E-state index contributed by atoms with van der Waals surface area (Å²) in [6.45, 7) is 6.19. The minimum absolute atomic E-state index is 0.0525. The molecule has 1 aromatic carbocycles. The molecular formula is C18H21Cl2N5O. The molecule has 1 aromatic heterocycles. The predicted octanol–water partition coefficient (Wildman–Crippen LogP) is 4.16. The normalized spacial score (nSPS) is 17.5. The van der Waals surface area contributed by atoms with E-state index in [9.17, 15) is 4.79 Å². The molecule has 8 heteroatoms. The molecule has 2 heterocycles. The van der Waals surface area contributed by atoms with Crippen LogP contribution in [0.4, 0.5) is 16.3 Å². The fourth-order valence-corrected chi connectivity index (χ4v) is 3.44. The van der Waals surface area contributed by atoms with E-state index in [1.165, 1.54) is 0 Å². The van der Waals surface area contributed by atoms with Crippen LogP contribution >= 0.6 is 23.2 Å². The molecule has 1 N–H and O–H groups in total. The Labute approximate surface area is 163 Å². The van der Waals surface area contributed by atoms with Gasteiger partial charge in [-0.3, -0.25) is 0 Å². The highest BCUT2D eigenvalue weighted by molar-refractivity contribution is 6.30. The van der Waals surface area contributed by atoms with Crippen LogP contribution in [0.5, 0.6) is 0 Å². The average molecular weight is 394 g/mol. The molecule has 2 amide bonds. The van der Waals surface area contributed by atoms with Gasteiger partial charge < -0.3 is 15.1 Å². The quantitative estimate of drug-likeness (QED) is 0.795. The predicted molar refractivity (Wildman–Crippen MR) is 105 cm³/mol. The lowest BCUT2D eigenvalue weighted by Crippen LogP contribution is -2.58. The van der Waals surface area contributed by atoms with E-state index in [-0.39, 0.29) is 17.4 Å². The number of carbonyl (C=O) groups is 1. The first-order chi connectivity index (χ1) is 12.4. The number of nitrogens with one attached hydrogen (secondary N) is 1. The number of aromatic nitrogens is 2. The average Bonchev–Trinajstić information content (AvgIpc) is 2.61. The van der Waals surface area contributed by atoms with Crippen LogP contribution in [-0.2, 0) is 0 Å². The standard InChI is InChI=1S/C18H21Cl2N5O/c1-12(2)15-11-24(16-6-7-21-17(20)23-16)8-9-25(15)18(26)22-14-5-3-4-13(19)10-14/h3-7,10,12,15H,8-9,11H2,1-2H3,(H,22,26). The molecule has 6 nitrogen and oxygen atoms in total. The third kappa shape index (κ3) is 4.37. The van der Waals surface area contributed by atoms with Crippen LogP contribution in [0, 0.1) is 5.92 Å². The summed E-state index contributed by atoms with van der Waals surface area (Å²) in [6, 6.07) is 8.93. The van der Waals surface area contributed by atoms with Crippen molar-refractivity contribution in [1.29, 1.82) is 0 Å². The minimum Gasteiger partial charge on any atom is -0.353 e. The maximum Gasteiger partial charge on any atom is 0.322 e. The Bertz CT molecular complexity index is 786. The number of hydrogen-bond donors (Lipinski definition) is 1. The van der Waals surface area contributed by atoms with Crippen LogP contribution in [0.1, 0.15) is 13.8 Å². The lowest BCUT2D eigenvalue weighted by Gasteiger charge is -2.43. The minimum atomic E-state index is -0.119. The summed E-state index contributed by atoms with van der Waals surface area (Å²) in [4.78, 5) is 25.0. The van der Waals surface area contributed by atoms with E-state index in [2.05, 4.69) is 34.0 Å². The molecule has 1 saturated heterocycles. The molecule has 1 aliphatic rings. The number of urea groups is 1. The number of anilines is 2. The summed E-state index contributed by atoms with van der Waals surface area (Å²) >= 11 is 11.9. The highest BCUT2D eigenvalue weighted by Crippen LogP contribution is 2.23. The monoisotopic (exact) mass is 393 g/mol. The van der Waals surface area contributed by atoms with Crippen molar-refractivity contribution in [1.82, 2.24) is 14.9 Å². The highest BCUT2D eigenvalue weighted by atomic mass is 35.5. The Hall–Kier alpha value is -2.05. The molecule has 0 spiro atoms. The number of hydrogen-bond acceptors (Lipinski definition) is 4. The Morgan fingerprint density at radius 2 is 2.08 bits per heavy atom. The largest absolute Gasteiger partial charge is 0.353 e. The van der Waals surface area contributed by atoms with Crippen molar-refractivity contribution in [2.45, 2.75) is 19.9 Å². The molecule has 0 aliphatic carbocycles. The van der Waals surface area contributed by atoms with Crippen molar-refractivity contribution < 1.29 is 4.79 Å². The lowest BCUT2D eigenvalue weighted by atomic mass is 10.00. The van der Waals surface area contributed by atoms with Crippen LogP contribution in [0.15, 0.2) is 36.5 Å². The van der Waals surface area contributed by atoms with Gasteiger partial charge in [-0.15, -0.1) is 0 Å². The number of carbonyl (C=O) groups excluding carboxylic acids is 1. The topological polar surface area (TPSA) is 61.4 Å². The Morgan fingerprint density at radius 3 is 2.77 bits per heavy atom. The van der Waals surface area contributed by atoms with E-state index in [0.717, 1.165) is 5.82 Å². The van der Waals surface area contributed by atoms with E-state index in [4.69, 9.17) is 23.2 Å². The van der Waals surface area contributed by atoms with Crippen LogP contribution in [-0.4, -0.2) is 46.6 Å². The van der Waals surface area contributed by atoms with Crippen LogP contribution in [0.2, 0.25) is 10.3 Å². The van der Waals surface area contributed by atoms with Crippen LogP contribution in [0.3, 0.4) is 0 Å². The number of nitrogens with zero attached hydrogens (tertiary/aromatic N) is 4. The van der Waals surface area contributed by atoms with Crippen molar-refractivity contribution in [3.8, 4) is 0 Å². The van der Waals surface area contributed by atoms with Crippen LogP contribution < -0.4 is 10.2 Å². The van der Waals surface area contributed by atoms with Gasteiger partial charge in [0.05, 0.1) is 6.04 Å². The van der Waals surface area contributed by atoms with Gasteiger partial charge >= 0.3 is 6.03 Å². The van der Waals surface area contributed by atoms with Gasteiger partial charge in [0.2, 0.25) is 5.28 Å². The third-order valence-corrected chi connectivity index (χ3v) is 4.88. The SMILES string of the molecule is CC(C)C1CN(c2ccnc(Cl)n2)CCN1C(=O)Nc1cccc(Cl)c1. The van der Waals surface area contributed by atoms with Crippen molar-refractivity contribution in [2.75, 3.05) is 29.9 Å². The molecule has 0 radical (unpaired) electrons. The maximum absolute atomic E-state index is 12.8. The van der Waals surface area contributed by atoms with Crippen molar-refractivity contribution in [3.63, 3.8) is 0 Å². The highest BCUT2D eigenvalue weighted by Gasteiger charge is 2.33. The first kappa shape index (κ1) is 18.7. The Morgan fingerprint density at radius 1 is 1.27 bits per heavy atom. The summed E-state index contributed by atoms with van der Waals surface area (Å²) in [5.74, 6) is 1.07. The Balaban J connectivity index is 1.73. The van der Waals surface area contributed by atoms with Crippen molar-refractivity contribution in [2.24, 2.45) is 5.92 Å². The molecule has 1 unspecified atom stereocenters. The summed E-state index contributed by atoms with van der Waals surface area (Å²) in [5, 5.41) is 3.76. The van der Waals surface area contributed by atoms with Gasteiger partial charge in [-0.05, 0) is 41.8 Å². The van der Waals surface area contributed by atoms with Gasteiger partial charge in [0.1, 0.15) is 5.82 Å². The zero-order valence-electron chi connectivity index (χ0n) is 14.7. The van der Waals surface area contributed by atoms with E-state index in [0.29, 0.717) is 36.3 Å². The fraction of sp³-hybridized carbons (Fsp3) is 0.389. The summed E-state index contributed by atoms with van der Waals surface area (Å²) < 4.78 is 0. The summed E-state index contributed by atoms with van der Waals surface area (Å²) in [6.07, 6.45) is 1.65. The zero-order valence-corrected chi connectivity index (χ0v) is 16.2. The van der Waals surface area contributed by atoms with Gasteiger partial charge in [0.15, 0.2) is 0 Å². The lowest BCUT2D eigenvalue weighted by molar-refractivity contribution is 0.156. The van der Waals surface area contributed by atoms with Gasteiger partial charge in [0, 0.05) is 36.5 Å². The number of rotatable bonds is 3. The van der Waals surface area contributed by atoms with E-state index >= 15 is 0 Å². The molecule has 3 rings (SSSR count). The third-order valence-electron chi connectivity index (χ3n) is 4.46. The van der Waals surface area contributed by atoms with Crippen LogP contribution in [0.25, 0.3) is 0 Å². The molecule has 0 bridgehead atoms. The molecular weight excluding hydrogens is 373 g/mol. The molecule has 1 atom stereocenters.